The van der Waals surface area contributed by atoms with Gasteiger partial charge in [-0.2, -0.15) is 5.10 Å². The van der Waals surface area contributed by atoms with Gasteiger partial charge in [0.15, 0.2) is 0 Å². The molecule has 0 spiro atoms. The molecule has 3 aromatic rings. The van der Waals surface area contributed by atoms with Gasteiger partial charge in [-0.15, -0.1) is 0 Å². The number of H-pyrrole nitrogens is 1. The molecule has 3 N–H and O–H groups in total. The van der Waals surface area contributed by atoms with Gasteiger partial charge in [0.2, 0.25) is 11.8 Å². The van der Waals surface area contributed by atoms with Crippen molar-refractivity contribution < 1.29 is 14.4 Å². The lowest BCUT2D eigenvalue weighted by atomic mass is 9.68. The average Bonchev–Trinajstić information content (AvgIpc) is 3.43. The average molecular weight is 532 g/mol. The molecule has 6 rings (SSSR count). The minimum absolute atomic E-state index is 0.0397. The first kappa shape index (κ1) is 25.0. The molecule has 2 aromatic carbocycles. The molecule has 3 aliphatic rings. The number of amides is 3. The minimum Gasteiger partial charge on any atom is -0.330 e. The van der Waals surface area contributed by atoms with Crippen molar-refractivity contribution in [1.82, 2.24) is 19.8 Å². The zero-order valence-electron chi connectivity index (χ0n) is 21.4. The number of carbonyl (C=O) groups is 3. The number of anilines is 1. The standard InChI is InChI=1S/C29H33N5O3S/c35-26(33-38-21-13-14-21)19-9-11-20(12-10-19)29(15-2-1-3-16-29)28(37)34-17-5-8-25(34)27(36)31-23-6-4-7-24-22(23)18-30-32-24/h4,6-7,9-12,18,21,25H,1-3,5,8,13-17H2,(H,30,32)(H,31,36)(H,33,35)/t25-/m1/s1. The number of hydrogen-bond acceptors (Lipinski definition) is 5. The second kappa shape index (κ2) is 10.4. The lowest BCUT2D eigenvalue weighted by Gasteiger charge is -2.40. The fourth-order valence-corrected chi connectivity index (χ4v) is 6.72. The SMILES string of the molecule is O=C(NSC1CC1)c1ccc(C2(C(=O)N3CCC[C@@H]3C(=O)Nc3cccc4[nH]ncc34)CCCCC2)cc1. The van der Waals surface area contributed by atoms with Crippen LogP contribution in [0.15, 0.2) is 48.7 Å². The van der Waals surface area contributed by atoms with E-state index in [2.05, 4.69) is 20.2 Å². The van der Waals surface area contributed by atoms with Gasteiger partial charge in [-0.1, -0.05) is 37.5 Å². The highest BCUT2D eigenvalue weighted by Gasteiger charge is 2.47. The molecule has 2 saturated carbocycles. The summed E-state index contributed by atoms with van der Waals surface area (Å²) < 4.78 is 2.94. The molecular weight excluding hydrogens is 498 g/mol. The van der Waals surface area contributed by atoms with Crippen molar-refractivity contribution in [2.75, 3.05) is 11.9 Å². The van der Waals surface area contributed by atoms with Crippen molar-refractivity contribution in [3.63, 3.8) is 0 Å². The van der Waals surface area contributed by atoms with Crippen LogP contribution in [0.4, 0.5) is 5.69 Å². The van der Waals surface area contributed by atoms with Gasteiger partial charge in [-0.25, -0.2) is 0 Å². The largest absolute Gasteiger partial charge is 0.330 e. The smallest absolute Gasteiger partial charge is 0.261 e. The molecule has 0 radical (unpaired) electrons. The molecule has 3 amide bonds. The number of rotatable bonds is 7. The maximum absolute atomic E-state index is 14.3. The minimum atomic E-state index is -0.663. The number of hydrogen-bond donors (Lipinski definition) is 3. The van der Waals surface area contributed by atoms with Crippen molar-refractivity contribution in [3.05, 3.63) is 59.8 Å². The second-order valence-electron chi connectivity index (χ2n) is 10.8. The van der Waals surface area contributed by atoms with E-state index in [0.717, 1.165) is 67.8 Å². The molecular formula is C29H33N5O3S. The van der Waals surface area contributed by atoms with Crippen LogP contribution < -0.4 is 10.0 Å². The van der Waals surface area contributed by atoms with Crippen molar-refractivity contribution in [3.8, 4) is 0 Å². The van der Waals surface area contributed by atoms with E-state index in [0.29, 0.717) is 29.5 Å². The first-order valence-corrected chi connectivity index (χ1v) is 14.5. The van der Waals surface area contributed by atoms with Crippen LogP contribution in [-0.4, -0.2) is 50.7 Å². The number of aromatic amines is 1. The zero-order chi connectivity index (χ0) is 26.1. The summed E-state index contributed by atoms with van der Waals surface area (Å²) in [6, 6.07) is 12.7. The second-order valence-corrected chi connectivity index (χ2v) is 11.9. The van der Waals surface area contributed by atoms with Crippen LogP contribution in [0.2, 0.25) is 0 Å². The third kappa shape index (κ3) is 4.79. The van der Waals surface area contributed by atoms with E-state index < -0.39 is 11.5 Å². The normalized spacial score (nSPS) is 20.8. The number of fused-ring (bicyclic) bond motifs is 1. The summed E-state index contributed by atoms with van der Waals surface area (Å²) in [5, 5.41) is 11.5. The zero-order valence-corrected chi connectivity index (χ0v) is 22.2. The van der Waals surface area contributed by atoms with Crippen LogP contribution in [0.3, 0.4) is 0 Å². The summed E-state index contributed by atoms with van der Waals surface area (Å²) in [4.78, 5) is 42.2. The maximum Gasteiger partial charge on any atom is 0.261 e. The van der Waals surface area contributed by atoms with Gasteiger partial charge in [0.25, 0.3) is 5.91 Å². The summed E-state index contributed by atoms with van der Waals surface area (Å²) in [5.41, 5.74) is 2.44. The van der Waals surface area contributed by atoms with Crippen molar-refractivity contribution in [1.29, 1.82) is 0 Å². The molecule has 1 atom stereocenters. The Labute approximate surface area is 226 Å². The Balaban J connectivity index is 1.22. The topological polar surface area (TPSA) is 107 Å². The molecule has 2 heterocycles. The van der Waals surface area contributed by atoms with E-state index in [1.165, 1.54) is 11.9 Å². The molecule has 8 nitrogen and oxygen atoms in total. The quantitative estimate of drug-likeness (QED) is 0.375. The monoisotopic (exact) mass is 531 g/mol. The van der Waals surface area contributed by atoms with E-state index in [4.69, 9.17) is 0 Å². The highest BCUT2D eigenvalue weighted by atomic mass is 32.2. The summed E-state index contributed by atoms with van der Waals surface area (Å²) in [6.07, 6.45) is 10.0. The summed E-state index contributed by atoms with van der Waals surface area (Å²) in [5.74, 6) is -0.213. The highest BCUT2D eigenvalue weighted by Crippen LogP contribution is 2.43. The molecule has 2 aliphatic carbocycles. The summed E-state index contributed by atoms with van der Waals surface area (Å²) in [6.45, 7) is 0.577. The predicted molar refractivity (Wildman–Crippen MR) is 149 cm³/mol. The third-order valence-corrected chi connectivity index (χ3v) is 9.33. The highest BCUT2D eigenvalue weighted by molar-refractivity contribution is 7.98. The molecule has 38 heavy (non-hydrogen) atoms. The Bertz CT molecular complexity index is 1340. The molecule has 0 unspecified atom stereocenters. The Kier molecular flexibility index (Phi) is 6.86. The van der Waals surface area contributed by atoms with Crippen LogP contribution in [0.5, 0.6) is 0 Å². The summed E-state index contributed by atoms with van der Waals surface area (Å²) >= 11 is 1.50. The van der Waals surface area contributed by atoms with E-state index >= 15 is 0 Å². The van der Waals surface area contributed by atoms with Crippen molar-refractivity contribution in [2.45, 2.75) is 74.5 Å². The van der Waals surface area contributed by atoms with Gasteiger partial charge < -0.3 is 10.2 Å². The van der Waals surface area contributed by atoms with Gasteiger partial charge in [-0.3, -0.25) is 24.2 Å². The van der Waals surface area contributed by atoms with Crippen molar-refractivity contribution >= 4 is 46.3 Å². The number of carbonyl (C=O) groups excluding carboxylic acids is 3. The van der Waals surface area contributed by atoms with E-state index in [1.807, 2.05) is 47.4 Å². The number of aromatic nitrogens is 2. The molecule has 198 valence electrons. The van der Waals surface area contributed by atoms with Crippen molar-refractivity contribution in [2.24, 2.45) is 0 Å². The van der Waals surface area contributed by atoms with E-state index in [1.54, 1.807) is 6.20 Å². The fourth-order valence-electron chi connectivity index (χ4n) is 5.95. The lowest BCUT2D eigenvalue weighted by Crippen LogP contribution is -2.52. The van der Waals surface area contributed by atoms with Gasteiger partial charge in [0, 0.05) is 22.7 Å². The predicted octanol–water partition coefficient (Wildman–Crippen LogP) is 4.93. The maximum atomic E-state index is 14.3. The van der Waals surface area contributed by atoms with Crippen LogP contribution in [0.1, 0.15) is 73.7 Å². The lowest BCUT2D eigenvalue weighted by molar-refractivity contribution is -0.143. The number of likely N-dealkylation sites (tertiary alicyclic amines) is 1. The first-order valence-electron chi connectivity index (χ1n) is 13.7. The van der Waals surface area contributed by atoms with Crippen LogP contribution in [0.25, 0.3) is 10.9 Å². The van der Waals surface area contributed by atoms with Gasteiger partial charge in [-0.05, 0) is 80.3 Å². The van der Waals surface area contributed by atoms with Crippen LogP contribution >= 0.6 is 11.9 Å². The Morgan fingerprint density at radius 2 is 1.76 bits per heavy atom. The Morgan fingerprint density at radius 1 is 0.974 bits per heavy atom. The molecule has 1 aliphatic heterocycles. The van der Waals surface area contributed by atoms with E-state index in [-0.39, 0.29) is 17.7 Å². The van der Waals surface area contributed by atoms with Crippen LogP contribution in [0, 0.1) is 0 Å². The Morgan fingerprint density at radius 3 is 2.53 bits per heavy atom. The van der Waals surface area contributed by atoms with Gasteiger partial charge in [0.05, 0.1) is 22.8 Å². The number of nitrogens with zero attached hydrogens (tertiary/aromatic N) is 2. The molecule has 9 heteroatoms. The van der Waals surface area contributed by atoms with Gasteiger partial charge >= 0.3 is 0 Å². The Hall–Kier alpha value is -3.33. The molecule has 0 bridgehead atoms. The number of benzene rings is 2. The molecule has 1 saturated heterocycles. The summed E-state index contributed by atoms with van der Waals surface area (Å²) in [7, 11) is 0. The number of nitrogens with one attached hydrogen (secondary N) is 3. The molecule has 1 aromatic heterocycles. The van der Waals surface area contributed by atoms with Gasteiger partial charge in [0.1, 0.15) is 6.04 Å². The third-order valence-electron chi connectivity index (χ3n) is 8.22. The fraction of sp³-hybridized carbons (Fsp3) is 0.448. The first-order chi connectivity index (χ1) is 18.5. The van der Waals surface area contributed by atoms with E-state index in [9.17, 15) is 14.4 Å². The molecule has 3 fully saturated rings. The van der Waals surface area contributed by atoms with Crippen LogP contribution in [-0.2, 0) is 15.0 Å².